The summed E-state index contributed by atoms with van der Waals surface area (Å²) in [6.07, 6.45) is 1.46. The molecule has 142 valence electrons. The van der Waals surface area contributed by atoms with Crippen LogP contribution < -0.4 is 14.2 Å². The van der Waals surface area contributed by atoms with E-state index < -0.39 is 0 Å². The quantitative estimate of drug-likeness (QED) is 0.660. The smallest absolute Gasteiger partial charge is 0.254 e. The summed E-state index contributed by atoms with van der Waals surface area (Å²) in [6, 6.07) is 13.4. The number of aliphatic imine (C=N–C) groups is 2. The van der Waals surface area contributed by atoms with Crippen molar-refractivity contribution < 1.29 is 14.2 Å². The Morgan fingerprint density at radius 3 is 2.50 bits per heavy atom. The molecule has 8 heteroatoms. The van der Waals surface area contributed by atoms with Crippen LogP contribution in [0.1, 0.15) is 11.1 Å². The molecule has 2 heterocycles. The molecule has 1 aliphatic heterocycles. The minimum atomic E-state index is 0.422. The van der Waals surface area contributed by atoms with Crippen molar-refractivity contribution in [1.29, 1.82) is 0 Å². The van der Waals surface area contributed by atoms with Gasteiger partial charge in [-0.15, -0.1) is 0 Å². The van der Waals surface area contributed by atoms with Crippen LogP contribution in [0.4, 0.5) is 5.95 Å². The van der Waals surface area contributed by atoms with Crippen molar-refractivity contribution in [2.45, 2.75) is 6.54 Å². The molecular formula is C20H19N5O3. The fourth-order valence-electron chi connectivity index (χ4n) is 3.02. The summed E-state index contributed by atoms with van der Waals surface area (Å²) in [5.41, 5.74) is 2.48. The van der Waals surface area contributed by atoms with Crippen LogP contribution in [0.25, 0.3) is 0 Å². The topological polar surface area (TPSA) is 83.1 Å². The van der Waals surface area contributed by atoms with Crippen LogP contribution in [-0.2, 0) is 6.54 Å². The first-order chi connectivity index (χ1) is 13.7. The predicted octanol–water partition coefficient (Wildman–Crippen LogP) is 2.89. The summed E-state index contributed by atoms with van der Waals surface area (Å²) in [5.74, 6) is 3.15. The zero-order valence-electron chi connectivity index (χ0n) is 15.8. The fourth-order valence-corrected chi connectivity index (χ4v) is 3.02. The first kappa shape index (κ1) is 17.7. The average Bonchev–Trinajstić information content (AvgIpc) is 3.33. The molecule has 0 saturated heterocycles. The van der Waals surface area contributed by atoms with Gasteiger partial charge in [0, 0.05) is 11.1 Å². The molecule has 1 aliphatic rings. The number of ether oxygens (including phenoxy) is 3. The van der Waals surface area contributed by atoms with E-state index in [1.807, 2.05) is 42.5 Å². The Bertz CT molecular complexity index is 1070. The Labute approximate surface area is 162 Å². The Balaban J connectivity index is 1.74. The van der Waals surface area contributed by atoms with E-state index in [1.54, 1.807) is 26.0 Å². The van der Waals surface area contributed by atoms with Gasteiger partial charge >= 0.3 is 0 Å². The molecule has 2 aromatic carbocycles. The van der Waals surface area contributed by atoms with Crippen LogP contribution in [0.2, 0.25) is 0 Å². The van der Waals surface area contributed by atoms with E-state index in [2.05, 4.69) is 15.1 Å². The minimum absolute atomic E-state index is 0.422. The van der Waals surface area contributed by atoms with Gasteiger partial charge in [0.1, 0.15) is 17.8 Å². The van der Waals surface area contributed by atoms with Gasteiger partial charge in [-0.05, 0) is 24.3 Å². The number of hydrogen-bond donors (Lipinski definition) is 0. The van der Waals surface area contributed by atoms with E-state index in [0.717, 1.165) is 16.9 Å². The normalized spacial score (nSPS) is 14.0. The summed E-state index contributed by atoms with van der Waals surface area (Å²) in [7, 11) is 4.85. The van der Waals surface area contributed by atoms with Crippen LogP contribution in [0.3, 0.4) is 0 Å². The molecule has 0 unspecified atom stereocenters. The lowest BCUT2D eigenvalue weighted by atomic mass is 10.1. The van der Waals surface area contributed by atoms with Crippen molar-refractivity contribution in [1.82, 2.24) is 14.8 Å². The van der Waals surface area contributed by atoms with Crippen molar-refractivity contribution >= 4 is 17.5 Å². The number of fused-ring (bicyclic) bond motifs is 1. The highest BCUT2D eigenvalue weighted by Crippen LogP contribution is 2.30. The summed E-state index contributed by atoms with van der Waals surface area (Å²) < 4.78 is 17.8. The number of hydrogen-bond acceptors (Lipinski definition) is 7. The second-order valence-electron chi connectivity index (χ2n) is 5.95. The fraction of sp³-hybridized carbons (Fsp3) is 0.200. The maximum Gasteiger partial charge on any atom is 0.254 e. The molecule has 0 amide bonds. The second-order valence-corrected chi connectivity index (χ2v) is 5.95. The molecule has 0 atom stereocenters. The molecule has 0 saturated carbocycles. The van der Waals surface area contributed by atoms with E-state index in [9.17, 15) is 0 Å². The van der Waals surface area contributed by atoms with Crippen molar-refractivity contribution in [2.75, 3.05) is 21.3 Å². The first-order valence-corrected chi connectivity index (χ1v) is 8.63. The molecule has 8 nitrogen and oxygen atoms in total. The Morgan fingerprint density at radius 2 is 1.71 bits per heavy atom. The number of methoxy groups -OCH3 is 3. The van der Waals surface area contributed by atoms with Crippen molar-refractivity contribution in [2.24, 2.45) is 9.98 Å². The van der Waals surface area contributed by atoms with Crippen LogP contribution in [0.5, 0.6) is 17.2 Å². The van der Waals surface area contributed by atoms with Gasteiger partial charge in [-0.3, -0.25) is 4.99 Å². The highest BCUT2D eigenvalue weighted by atomic mass is 16.5. The number of para-hydroxylation sites is 1. The highest BCUT2D eigenvalue weighted by Gasteiger charge is 2.26. The van der Waals surface area contributed by atoms with Gasteiger partial charge in [-0.1, -0.05) is 18.2 Å². The van der Waals surface area contributed by atoms with E-state index in [-0.39, 0.29) is 0 Å². The van der Waals surface area contributed by atoms with E-state index in [4.69, 9.17) is 19.2 Å². The minimum Gasteiger partial charge on any atom is -0.496 e. The molecule has 0 spiro atoms. The van der Waals surface area contributed by atoms with Gasteiger partial charge in [0.2, 0.25) is 0 Å². The summed E-state index contributed by atoms with van der Waals surface area (Å²) in [6.45, 7) is 0.422. The standard InChI is InChI=1S/C20H19N5O3/c1-26-15-7-5-4-6-14(15)11-21-19-18(24-20-22-12-23-25(19)20)13-8-9-16(27-2)17(10-13)28-3/h4-10,12H,11H2,1-3H3. The van der Waals surface area contributed by atoms with Gasteiger partial charge < -0.3 is 14.2 Å². The molecule has 4 rings (SSSR count). The van der Waals surface area contributed by atoms with E-state index in [0.29, 0.717) is 35.5 Å². The second kappa shape index (κ2) is 7.51. The predicted molar refractivity (Wildman–Crippen MR) is 105 cm³/mol. The van der Waals surface area contributed by atoms with Gasteiger partial charge in [-0.2, -0.15) is 14.8 Å². The van der Waals surface area contributed by atoms with E-state index in [1.165, 1.54) is 6.33 Å². The first-order valence-electron chi connectivity index (χ1n) is 8.63. The summed E-state index contributed by atoms with van der Waals surface area (Å²) in [4.78, 5) is 13.6. The Kier molecular flexibility index (Phi) is 4.76. The van der Waals surface area contributed by atoms with Crippen LogP contribution >= 0.6 is 0 Å². The molecule has 3 aromatic rings. The van der Waals surface area contributed by atoms with Crippen LogP contribution in [0, 0.1) is 0 Å². The highest BCUT2D eigenvalue weighted by molar-refractivity contribution is 6.50. The summed E-state index contributed by atoms with van der Waals surface area (Å²) in [5, 5.41) is 4.26. The Hall–Kier alpha value is -3.68. The molecule has 0 radical (unpaired) electrons. The van der Waals surface area contributed by atoms with Gasteiger partial charge in [0.15, 0.2) is 17.3 Å². The van der Waals surface area contributed by atoms with Gasteiger partial charge in [0.05, 0.1) is 27.9 Å². The molecule has 0 N–H and O–H groups in total. The third-order valence-electron chi connectivity index (χ3n) is 4.40. The number of nitrogens with zero attached hydrogens (tertiary/aromatic N) is 5. The third-order valence-corrected chi connectivity index (χ3v) is 4.40. The molecule has 1 aromatic heterocycles. The molecular weight excluding hydrogens is 358 g/mol. The average molecular weight is 377 g/mol. The Morgan fingerprint density at radius 1 is 0.929 bits per heavy atom. The van der Waals surface area contributed by atoms with Crippen molar-refractivity contribution in [3.05, 3.63) is 59.9 Å². The van der Waals surface area contributed by atoms with Crippen LogP contribution in [0.15, 0.2) is 58.8 Å². The molecule has 0 fully saturated rings. The largest absolute Gasteiger partial charge is 0.496 e. The number of benzene rings is 2. The van der Waals surface area contributed by atoms with Crippen molar-refractivity contribution in [3.8, 4) is 17.2 Å². The maximum atomic E-state index is 5.42. The summed E-state index contributed by atoms with van der Waals surface area (Å²) >= 11 is 0. The third kappa shape index (κ3) is 3.09. The maximum absolute atomic E-state index is 5.42. The van der Waals surface area contributed by atoms with Gasteiger partial charge in [0.25, 0.3) is 5.95 Å². The molecule has 0 bridgehead atoms. The van der Waals surface area contributed by atoms with Crippen molar-refractivity contribution in [3.63, 3.8) is 0 Å². The lowest BCUT2D eigenvalue weighted by molar-refractivity contribution is 0.355. The lowest BCUT2D eigenvalue weighted by Gasteiger charge is -2.10. The SMILES string of the molecule is COc1ccccc1CN=C1C(c2ccc(OC)c(OC)c2)=Nc2ncnn21. The van der Waals surface area contributed by atoms with Crippen LogP contribution in [-0.4, -0.2) is 47.6 Å². The lowest BCUT2D eigenvalue weighted by Crippen LogP contribution is -2.20. The number of rotatable bonds is 6. The van der Waals surface area contributed by atoms with E-state index >= 15 is 0 Å². The zero-order valence-corrected chi connectivity index (χ0v) is 15.8. The molecule has 0 aliphatic carbocycles. The zero-order chi connectivity index (χ0) is 19.5. The molecule has 28 heavy (non-hydrogen) atoms. The monoisotopic (exact) mass is 377 g/mol. The number of aromatic nitrogens is 3. The van der Waals surface area contributed by atoms with Gasteiger partial charge in [-0.25, -0.2) is 4.99 Å².